The zero-order chi connectivity index (χ0) is 9.10. The van der Waals surface area contributed by atoms with E-state index in [1.807, 2.05) is 0 Å². The highest BCUT2D eigenvalue weighted by atomic mass is 15.2. The van der Waals surface area contributed by atoms with Crippen LogP contribution in [0.3, 0.4) is 0 Å². The molecule has 0 aliphatic carbocycles. The molecule has 0 N–H and O–H groups in total. The van der Waals surface area contributed by atoms with Gasteiger partial charge in [0.15, 0.2) is 0 Å². The zero-order valence-corrected chi connectivity index (χ0v) is 8.63. The van der Waals surface area contributed by atoms with Crippen LogP contribution in [0.25, 0.3) is 0 Å². The Morgan fingerprint density at radius 3 is 2.92 bits per heavy atom. The average molecular weight is 180 g/mol. The van der Waals surface area contributed by atoms with Gasteiger partial charge in [0.1, 0.15) is 5.84 Å². The molecule has 1 atom stereocenters. The molecule has 0 amide bonds. The lowest BCUT2D eigenvalue weighted by atomic mass is 9.97. The second-order valence-corrected chi connectivity index (χ2v) is 4.33. The molecule has 2 aliphatic rings. The predicted molar refractivity (Wildman–Crippen MR) is 56.1 cm³/mol. The predicted octanol–water partition coefficient (Wildman–Crippen LogP) is 2.30. The van der Waals surface area contributed by atoms with Gasteiger partial charge in [0.05, 0.1) is 0 Å². The number of aliphatic imine (C=N–C) groups is 1. The third-order valence-electron chi connectivity index (χ3n) is 3.19. The summed E-state index contributed by atoms with van der Waals surface area (Å²) in [6, 6.07) is 0. The first kappa shape index (κ1) is 9.04. The number of nitrogens with zero attached hydrogens (tertiary/aromatic N) is 2. The van der Waals surface area contributed by atoms with E-state index in [9.17, 15) is 0 Å². The van der Waals surface area contributed by atoms with Crippen LogP contribution < -0.4 is 0 Å². The maximum atomic E-state index is 4.68. The Balaban J connectivity index is 2.09. The average Bonchev–Trinajstić information content (AvgIpc) is 2.14. The van der Waals surface area contributed by atoms with E-state index in [2.05, 4.69) is 16.8 Å². The van der Waals surface area contributed by atoms with Gasteiger partial charge >= 0.3 is 0 Å². The van der Waals surface area contributed by atoms with Crippen LogP contribution in [-0.4, -0.2) is 30.4 Å². The number of amidine groups is 1. The van der Waals surface area contributed by atoms with E-state index in [4.69, 9.17) is 0 Å². The van der Waals surface area contributed by atoms with Crippen molar-refractivity contribution in [2.24, 2.45) is 10.9 Å². The van der Waals surface area contributed by atoms with Gasteiger partial charge < -0.3 is 4.90 Å². The van der Waals surface area contributed by atoms with Gasteiger partial charge in [0.2, 0.25) is 0 Å². The van der Waals surface area contributed by atoms with Crippen LogP contribution in [-0.2, 0) is 0 Å². The van der Waals surface area contributed by atoms with Gasteiger partial charge in [-0.3, -0.25) is 4.99 Å². The Morgan fingerprint density at radius 1 is 1.15 bits per heavy atom. The minimum absolute atomic E-state index is 0.709. The minimum atomic E-state index is 0.709. The zero-order valence-electron chi connectivity index (χ0n) is 8.63. The molecule has 2 heterocycles. The monoisotopic (exact) mass is 180 g/mol. The molecule has 0 saturated carbocycles. The van der Waals surface area contributed by atoms with Crippen LogP contribution in [0.1, 0.15) is 39.0 Å². The SMILES string of the molecule is CC1CCCCCN2CCCN=C12. The first-order chi connectivity index (χ1) is 6.38. The first-order valence-electron chi connectivity index (χ1n) is 5.67. The maximum absolute atomic E-state index is 4.68. The second-order valence-electron chi connectivity index (χ2n) is 4.33. The van der Waals surface area contributed by atoms with Crippen LogP contribution in [0, 0.1) is 5.92 Å². The van der Waals surface area contributed by atoms with Crippen molar-refractivity contribution in [2.75, 3.05) is 19.6 Å². The van der Waals surface area contributed by atoms with Crippen molar-refractivity contribution in [2.45, 2.75) is 39.0 Å². The van der Waals surface area contributed by atoms with E-state index in [0.717, 1.165) is 6.54 Å². The lowest BCUT2D eigenvalue weighted by Gasteiger charge is -2.34. The van der Waals surface area contributed by atoms with E-state index < -0.39 is 0 Å². The van der Waals surface area contributed by atoms with Crippen molar-refractivity contribution >= 4 is 5.84 Å². The Labute approximate surface area is 81.0 Å². The van der Waals surface area contributed by atoms with Crippen molar-refractivity contribution in [3.63, 3.8) is 0 Å². The molecular weight excluding hydrogens is 160 g/mol. The fraction of sp³-hybridized carbons (Fsp3) is 0.909. The standard InChI is InChI=1S/C11H20N2/c1-10-6-3-2-4-8-13-9-5-7-12-11(10)13/h10H,2-9H2,1H3. The molecule has 0 aromatic carbocycles. The summed E-state index contributed by atoms with van der Waals surface area (Å²) in [5.41, 5.74) is 0. The lowest BCUT2D eigenvalue weighted by Crippen LogP contribution is -2.40. The summed E-state index contributed by atoms with van der Waals surface area (Å²) in [5.74, 6) is 2.12. The normalized spacial score (nSPS) is 30.1. The smallest absolute Gasteiger partial charge is 0.102 e. The third-order valence-corrected chi connectivity index (χ3v) is 3.19. The second kappa shape index (κ2) is 4.12. The van der Waals surface area contributed by atoms with Gasteiger partial charge in [0.25, 0.3) is 0 Å². The van der Waals surface area contributed by atoms with Crippen LogP contribution >= 0.6 is 0 Å². The van der Waals surface area contributed by atoms with Crippen LogP contribution in [0.15, 0.2) is 4.99 Å². The molecule has 1 saturated heterocycles. The summed E-state index contributed by atoms with van der Waals surface area (Å²) in [5, 5.41) is 0. The van der Waals surface area contributed by atoms with Crippen molar-refractivity contribution < 1.29 is 0 Å². The van der Waals surface area contributed by atoms with E-state index in [-0.39, 0.29) is 0 Å². The minimum Gasteiger partial charge on any atom is -0.360 e. The largest absolute Gasteiger partial charge is 0.360 e. The maximum Gasteiger partial charge on any atom is 0.102 e. The van der Waals surface area contributed by atoms with Gasteiger partial charge in [-0.05, 0) is 19.3 Å². The van der Waals surface area contributed by atoms with Gasteiger partial charge in [0, 0.05) is 25.6 Å². The molecule has 0 radical (unpaired) electrons. The Morgan fingerprint density at radius 2 is 2.00 bits per heavy atom. The van der Waals surface area contributed by atoms with Gasteiger partial charge in [-0.15, -0.1) is 0 Å². The Hall–Kier alpha value is -0.530. The summed E-state index contributed by atoms with van der Waals surface area (Å²) in [6.45, 7) is 5.91. The Bertz CT molecular complexity index is 198. The van der Waals surface area contributed by atoms with Gasteiger partial charge in [-0.1, -0.05) is 19.8 Å². The molecule has 13 heavy (non-hydrogen) atoms. The third kappa shape index (κ3) is 2.04. The summed E-state index contributed by atoms with van der Waals surface area (Å²) in [4.78, 5) is 7.20. The molecule has 1 fully saturated rings. The summed E-state index contributed by atoms with van der Waals surface area (Å²) in [7, 11) is 0. The highest BCUT2D eigenvalue weighted by molar-refractivity contribution is 5.84. The Kier molecular flexibility index (Phi) is 2.87. The highest BCUT2D eigenvalue weighted by Gasteiger charge is 2.21. The van der Waals surface area contributed by atoms with E-state index >= 15 is 0 Å². The number of rotatable bonds is 0. The van der Waals surface area contributed by atoms with Gasteiger partial charge in [-0.25, -0.2) is 0 Å². The topological polar surface area (TPSA) is 15.6 Å². The van der Waals surface area contributed by atoms with Crippen molar-refractivity contribution in [1.29, 1.82) is 0 Å². The molecule has 0 spiro atoms. The summed E-state index contributed by atoms with van der Waals surface area (Å²) >= 11 is 0. The summed E-state index contributed by atoms with van der Waals surface area (Å²) < 4.78 is 0. The van der Waals surface area contributed by atoms with Crippen molar-refractivity contribution in [1.82, 2.24) is 4.90 Å². The fourth-order valence-electron chi connectivity index (χ4n) is 2.42. The molecule has 2 rings (SSSR count). The molecule has 2 heteroatoms. The van der Waals surface area contributed by atoms with E-state index in [1.54, 1.807) is 0 Å². The van der Waals surface area contributed by atoms with Crippen LogP contribution in [0.4, 0.5) is 0 Å². The van der Waals surface area contributed by atoms with Crippen molar-refractivity contribution in [3.05, 3.63) is 0 Å². The quantitative estimate of drug-likeness (QED) is 0.558. The molecule has 2 nitrogen and oxygen atoms in total. The number of hydrogen-bond acceptors (Lipinski definition) is 2. The molecule has 0 aromatic heterocycles. The first-order valence-corrected chi connectivity index (χ1v) is 5.67. The molecule has 1 unspecified atom stereocenters. The van der Waals surface area contributed by atoms with Crippen LogP contribution in [0.2, 0.25) is 0 Å². The molecule has 2 aliphatic heterocycles. The number of fused-ring (bicyclic) bond motifs is 1. The van der Waals surface area contributed by atoms with Crippen molar-refractivity contribution in [3.8, 4) is 0 Å². The van der Waals surface area contributed by atoms with Gasteiger partial charge in [-0.2, -0.15) is 0 Å². The molecule has 0 aromatic rings. The fourth-order valence-corrected chi connectivity index (χ4v) is 2.42. The highest BCUT2D eigenvalue weighted by Crippen LogP contribution is 2.20. The van der Waals surface area contributed by atoms with E-state index in [1.165, 1.54) is 51.0 Å². The summed E-state index contributed by atoms with van der Waals surface area (Å²) in [6.07, 6.45) is 6.78. The lowest BCUT2D eigenvalue weighted by molar-refractivity contribution is 0.337. The number of hydrogen-bond donors (Lipinski definition) is 0. The van der Waals surface area contributed by atoms with Crippen LogP contribution in [0.5, 0.6) is 0 Å². The molecule has 0 bridgehead atoms. The molecular formula is C11H20N2. The molecule has 74 valence electrons. The van der Waals surface area contributed by atoms with E-state index in [0.29, 0.717) is 5.92 Å².